The highest BCUT2D eigenvalue weighted by Gasteiger charge is 2.14. The molecule has 28 heavy (non-hydrogen) atoms. The van der Waals surface area contributed by atoms with Crippen LogP contribution in [0.4, 0.5) is 11.4 Å². The van der Waals surface area contributed by atoms with Gasteiger partial charge in [0.1, 0.15) is 5.01 Å². The minimum Gasteiger partial charge on any atom is -0.369 e. The molecule has 1 aromatic carbocycles. The molecule has 0 saturated carbocycles. The van der Waals surface area contributed by atoms with Crippen LogP contribution >= 0.6 is 11.3 Å². The summed E-state index contributed by atoms with van der Waals surface area (Å²) in [6.07, 6.45) is 3.78. The molecule has 1 aliphatic rings. The SMILES string of the molecule is CN1CCN(c2ccc(NC(=O)Cc3csc(-c4cccnc4)n3)cc2)CC1. The summed E-state index contributed by atoms with van der Waals surface area (Å²) in [5.41, 5.74) is 3.76. The van der Waals surface area contributed by atoms with Gasteiger partial charge >= 0.3 is 0 Å². The van der Waals surface area contributed by atoms with Crippen LogP contribution in [0, 0.1) is 0 Å². The number of nitrogens with one attached hydrogen (secondary N) is 1. The second kappa shape index (κ2) is 8.50. The lowest BCUT2D eigenvalue weighted by Gasteiger charge is -2.34. The Balaban J connectivity index is 1.33. The molecule has 1 saturated heterocycles. The van der Waals surface area contributed by atoms with Crippen LogP contribution in [0.2, 0.25) is 0 Å². The molecule has 7 heteroatoms. The Labute approximate surface area is 168 Å². The van der Waals surface area contributed by atoms with E-state index in [-0.39, 0.29) is 12.3 Å². The zero-order chi connectivity index (χ0) is 19.3. The minimum absolute atomic E-state index is 0.0598. The molecule has 0 bridgehead atoms. The van der Waals surface area contributed by atoms with Gasteiger partial charge in [-0.2, -0.15) is 0 Å². The summed E-state index contributed by atoms with van der Waals surface area (Å²) in [5, 5.41) is 5.77. The molecule has 0 atom stereocenters. The van der Waals surface area contributed by atoms with E-state index in [1.165, 1.54) is 17.0 Å². The summed E-state index contributed by atoms with van der Waals surface area (Å²) >= 11 is 1.53. The molecule has 4 rings (SSSR count). The second-order valence-electron chi connectivity index (χ2n) is 6.95. The van der Waals surface area contributed by atoms with Crippen LogP contribution in [-0.4, -0.2) is 54.0 Å². The number of carbonyl (C=O) groups is 1. The van der Waals surface area contributed by atoms with E-state index in [0.29, 0.717) is 0 Å². The first kappa shape index (κ1) is 18.6. The van der Waals surface area contributed by atoms with Gasteiger partial charge in [0, 0.05) is 60.9 Å². The first-order chi connectivity index (χ1) is 13.7. The molecule has 3 aromatic rings. The van der Waals surface area contributed by atoms with Gasteiger partial charge in [0.25, 0.3) is 0 Å². The smallest absolute Gasteiger partial charge is 0.230 e. The number of piperazine rings is 1. The van der Waals surface area contributed by atoms with Crippen molar-refractivity contribution in [3.05, 3.63) is 59.9 Å². The summed E-state index contributed by atoms with van der Waals surface area (Å²) in [5.74, 6) is -0.0598. The van der Waals surface area contributed by atoms with Crippen LogP contribution < -0.4 is 10.2 Å². The van der Waals surface area contributed by atoms with Crippen molar-refractivity contribution in [2.75, 3.05) is 43.4 Å². The Bertz CT molecular complexity index is 917. The standard InChI is InChI=1S/C21H23N5OS/c1-25-9-11-26(12-10-25)19-6-4-17(5-7-19)23-20(27)13-18-15-28-21(24-18)16-3-2-8-22-14-16/h2-8,14-15H,9-13H2,1H3,(H,23,27). The third-order valence-corrected chi connectivity index (χ3v) is 5.76. The van der Waals surface area contributed by atoms with Crippen molar-refractivity contribution >= 4 is 28.6 Å². The quantitative estimate of drug-likeness (QED) is 0.722. The largest absolute Gasteiger partial charge is 0.369 e. The van der Waals surface area contributed by atoms with Crippen LogP contribution in [0.5, 0.6) is 0 Å². The van der Waals surface area contributed by atoms with Crippen molar-refractivity contribution in [2.45, 2.75) is 6.42 Å². The topological polar surface area (TPSA) is 61.4 Å². The minimum atomic E-state index is -0.0598. The van der Waals surface area contributed by atoms with E-state index in [9.17, 15) is 4.79 Å². The van der Waals surface area contributed by atoms with E-state index in [1.54, 1.807) is 12.4 Å². The number of benzene rings is 1. The number of anilines is 2. The Morgan fingerprint density at radius 2 is 1.93 bits per heavy atom. The zero-order valence-corrected chi connectivity index (χ0v) is 16.7. The number of likely N-dealkylation sites (N-methyl/N-ethyl adjacent to an activating group) is 1. The molecule has 1 aliphatic heterocycles. The maximum Gasteiger partial charge on any atom is 0.230 e. The first-order valence-corrected chi connectivity index (χ1v) is 10.2. The lowest BCUT2D eigenvalue weighted by atomic mass is 10.2. The van der Waals surface area contributed by atoms with Gasteiger partial charge in [0.15, 0.2) is 0 Å². The monoisotopic (exact) mass is 393 g/mol. The highest BCUT2D eigenvalue weighted by atomic mass is 32.1. The molecule has 1 fully saturated rings. The predicted octanol–water partition coefficient (Wildman–Crippen LogP) is 3.14. The highest BCUT2D eigenvalue weighted by molar-refractivity contribution is 7.13. The normalized spacial score (nSPS) is 14.8. The third-order valence-electron chi connectivity index (χ3n) is 4.82. The summed E-state index contributed by atoms with van der Waals surface area (Å²) in [4.78, 5) is 25.8. The Morgan fingerprint density at radius 3 is 2.64 bits per heavy atom. The molecule has 1 N–H and O–H groups in total. The molecule has 2 aromatic heterocycles. The van der Waals surface area contributed by atoms with Crippen LogP contribution in [0.3, 0.4) is 0 Å². The van der Waals surface area contributed by atoms with Crippen LogP contribution in [0.25, 0.3) is 10.6 Å². The number of amides is 1. The van der Waals surface area contributed by atoms with Crippen molar-refractivity contribution in [2.24, 2.45) is 0 Å². The Hall–Kier alpha value is -2.77. The fourth-order valence-electron chi connectivity index (χ4n) is 3.20. The fraction of sp³-hybridized carbons (Fsp3) is 0.286. The van der Waals surface area contributed by atoms with E-state index < -0.39 is 0 Å². The summed E-state index contributed by atoms with van der Waals surface area (Å²) in [6, 6.07) is 11.9. The van der Waals surface area contributed by atoms with Crippen LogP contribution in [-0.2, 0) is 11.2 Å². The number of aromatic nitrogens is 2. The molecule has 0 radical (unpaired) electrons. The highest BCUT2D eigenvalue weighted by Crippen LogP contribution is 2.23. The number of nitrogens with zero attached hydrogens (tertiary/aromatic N) is 4. The second-order valence-corrected chi connectivity index (χ2v) is 7.81. The van der Waals surface area contributed by atoms with Crippen molar-refractivity contribution in [1.29, 1.82) is 0 Å². The first-order valence-electron chi connectivity index (χ1n) is 9.35. The zero-order valence-electron chi connectivity index (χ0n) is 15.8. The molecule has 144 valence electrons. The number of carbonyl (C=O) groups excluding carboxylic acids is 1. The molecule has 6 nitrogen and oxygen atoms in total. The van der Waals surface area contributed by atoms with Crippen molar-refractivity contribution in [3.8, 4) is 10.6 Å². The summed E-state index contributed by atoms with van der Waals surface area (Å²) in [6.45, 7) is 4.22. The maximum absolute atomic E-state index is 12.4. The van der Waals surface area contributed by atoms with Gasteiger partial charge in [0.05, 0.1) is 12.1 Å². The van der Waals surface area contributed by atoms with Crippen molar-refractivity contribution in [1.82, 2.24) is 14.9 Å². The Kier molecular flexibility index (Phi) is 5.64. The average Bonchev–Trinajstić information content (AvgIpc) is 3.18. The van der Waals surface area contributed by atoms with Crippen molar-refractivity contribution < 1.29 is 4.79 Å². The summed E-state index contributed by atoms with van der Waals surface area (Å²) in [7, 11) is 2.15. The van der Waals surface area contributed by atoms with E-state index in [2.05, 4.69) is 44.3 Å². The number of hydrogen-bond donors (Lipinski definition) is 1. The molecule has 3 heterocycles. The molecular formula is C21H23N5OS. The molecule has 0 spiro atoms. The summed E-state index contributed by atoms with van der Waals surface area (Å²) < 4.78 is 0. The number of pyridine rings is 1. The number of rotatable bonds is 5. The fourth-order valence-corrected chi connectivity index (χ4v) is 4.01. The van der Waals surface area contributed by atoms with Gasteiger partial charge in [-0.3, -0.25) is 9.78 Å². The van der Waals surface area contributed by atoms with E-state index in [0.717, 1.165) is 48.1 Å². The van der Waals surface area contributed by atoms with Gasteiger partial charge in [-0.1, -0.05) is 0 Å². The van der Waals surface area contributed by atoms with Crippen LogP contribution in [0.15, 0.2) is 54.2 Å². The Morgan fingerprint density at radius 1 is 1.14 bits per heavy atom. The predicted molar refractivity (Wildman–Crippen MR) is 114 cm³/mol. The van der Waals surface area contributed by atoms with Gasteiger partial charge in [-0.05, 0) is 43.4 Å². The maximum atomic E-state index is 12.4. The van der Waals surface area contributed by atoms with Gasteiger partial charge in [0.2, 0.25) is 5.91 Å². The lowest BCUT2D eigenvalue weighted by Crippen LogP contribution is -2.44. The number of thiazole rings is 1. The van der Waals surface area contributed by atoms with Crippen molar-refractivity contribution in [3.63, 3.8) is 0 Å². The van der Waals surface area contributed by atoms with E-state index in [1.807, 2.05) is 29.6 Å². The molecule has 0 aliphatic carbocycles. The van der Waals surface area contributed by atoms with Gasteiger partial charge in [-0.25, -0.2) is 4.98 Å². The number of hydrogen-bond acceptors (Lipinski definition) is 6. The van der Waals surface area contributed by atoms with E-state index >= 15 is 0 Å². The van der Waals surface area contributed by atoms with Crippen LogP contribution in [0.1, 0.15) is 5.69 Å². The molecular weight excluding hydrogens is 370 g/mol. The van der Waals surface area contributed by atoms with Gasteiger partial charge in [-0.15, -0.1) is 11.3 Å². The molecule has 1 amide bonds. The third kappa shape index (κ3) is 4.55. The van der Waals surface area contributed by atoms with E-state index in [4.69, 9.17) is 0 Å². The average molecular weight is 394 g/mol. The molecule has 0 unspecified atom stereocenters. The lowest BCUT2D eigenvalue weighted by molar-refractivity contribution is -0.115. The van der Waals surface area contributed by atoms with Gasteiger partial charge < -0.3 is 15.1 Å².